The number of ether oxygens (including phenoxy) is 2. The van der Waals surface area contributed by atoms with Crippen LogP contribution in [0.25, 0.3) is 0 Å². The minimum absolute atomic E-state index is 0.616. The van der Waals surface area contributed by atoms with Gasteiger partial charge >= 0.3 is 11.9 Å². The predicted octanol–water partition coefficient (Wildman–Crippen LogP) is -3.30. The van der Waals surface area contributed by atoms with E-state index in [0.29, 0.717) is 0 Å². The van der Waals surface area contributed by atoms with Crippen molar-refractivity contribution in [3.63, 3.8) is 0 Å². The first-order valence-corrected chi connectivity index (χ1v) is 7.06. The Labute approximate surface area is 136 Å². The zero-order valence-corrected chi connectivity index (χ0v) is 13.1. The number of carbonyl (C=O) groups is 3. The van der Waals surface area contributed by atoms with Crippen molar-refractivity contribution in [1.82, 2.24) is 5.32 Å². The molecule has 0 radical (unpaired) electrons. The molecule has 1 aliphatic rings. The van der Waals surface area contributed by atoms with E-state index in [1.54, 1.807) is 0 Å². The van der Waals surface area contributed by atoms with Gasteiger partial charge < -0.3 is 40.3 Å². The second-order valence-electron chi connectivity index (χ2n) is 5.53. The average Bonchev–Trinajstić information content (AvgIpc) is 2.46. The maximum atomic E-state index is 11.2. The Morgan fingerprint density at radius 3 is 2.38 bits per heavy atom. The molecule has 0 aromatic heterocycles. The van der Waals surface area contributed by atoms with Gasteiger partial charge in [-0.2, -0.15) is 0 Å². The summed E-state index contributed by atoms with van der Waals surface area (Å²) in [6.07, 6.45) is -7.61. The normalized spacial score (nSPS) is 32.5. The Kier molecular flexibility index (Phi) is 6.63. The molecule has 0 saturated carbocycles. The molecule has 138 valence electrons. The molecule has 0 aromatic carbocycles. The number of rotatable bonds is 6. The van der Waals surface area contributed by atoms with Gasteiger partial charge in [-0.15, -0.1) is 0 Å². The van der Waals surface area contributed by atoms with E-state index in [4.69, 9.17) is 9.84 Å². The second kappa shape index (κ2) is 7.85. The molecule has 0 aliphatic carbocycles. The van der Waals surface area contributed by atoms with Crippen molar-refractivity contribution in [3.8, 4) is 0 Å². The molecule has 1 aliphatic heterocycles. The van der Waals surface area contributed by atoms with Gasteiger partial charge in [0.25, 0.3) is 5.79 Å². The van der Waals surface area contributed by atoms with E-state index < -0.39 is 67.1 Å². The van der Waals surface area contributed by atoms with Crippen molar-refractivity contribution in [2.24, 2.45) is 0 Å². The number of carbonyl (C=O) groups excluding carboxylic acids is 2. The highest BCUT2D eigenvalue weighted by molar-refractivity contribution is 5.76. The monoisotopic (exact) mass is 351 g/mol. The first-order chi connectivity index (χ1) is 11.0. The van der Waals surface area contributed by atoms with Crippen molar-refractivity contribution in [2.75, 3.05) is 6.61 Å². The molecule has 1 rings (SSSR count). The summed E-state index contributed by atoms with van der Waals surface area (Å²) in [5.41, 5.74) is 0. The number of esters is 1. The molecule has 6 N–H and O–H groups in total. The van der Waals surface area contributed by atoms with Gasteiger partial charge in [0, 0.05) is 20.3 Å². The van der Waals surface area contributed by atoms with Gasteiger partial charge in [-0.05, 0) is 0 Å². The lowest BCUT2D eigenvalue weighted by Gasteiger charge is -2.44. The number of carboxylic acids is 1. The lowest BCUT2D eigenvalue weighted by Crippen LogP contribution is -2.67. The molecule has 1 amide bonds. The van der Waals surface area contributed by atoms with Gasteiger partial charge in [0.05, 0.1) is 12.1 Å². The number of hydrogen-bond donors (Lipinski definition) is 6. The molecule has 11 nitrogen and oxygen atoms in total. The summed E-state index contributed by atoms with van der Waals surface area (Å²) in [6, 6.07) is -1.30. The van der Waals surface area contributed by atoms with Crippen molar-refractivity contribution < 1.29 is 49.4 Å². The zero-order valence-electron chi connectivity index (χ0n) is 13.1. The lowest BCUT2D eigenvalue weighted by molar-refractivity contribution is -0.295. The number of aliphatic hydroxyl groups excluding tert-OH is 3. The lowest BCUT2D eigenvalue weighted by atomic mass is 9.88. The highest BCUT2D eigenvalue weighted by Crippen LogP contribution is 2.30. The van der Waals surface area contributed by atoms with Crippen LogP contribution in [0.4, 0.5) is 0 Å². The highest BCUT2D eigenvalue weighted by Gasteiger charge is 2.53. The molecule has 0 unspecified atom stereocenters. The van der Waals surface area contributed by atoms with Gasteiger partial charge in [0.2, 0.25) is 5.91 Å². The summed E-state index contributed by atoms with van der Waals surface area (Å²) < 4.78 is 9.46. The van der Waals surface area contributed by atoms with E-state index in [2.05, 4.69) is 10.1 Å². The molecule has 11 heteroatoms. The molecule has 1 fully saturated rings. The van der Waals surface area contributed by atoms with Crippen LogP contribution >= 0.6 is 0 Å². The van der Waals surface area contributed by atoms with Crippen molar-refractivity contribution in [1.29, 1.82) is 0 Å². The van der Waals surface area contributed by atoms with Crippen molar-refractivity contribution in [3.05, 3.63) is 0 Å². The molecule has 24 heavy (non-hydrogen) atoms. The van der Waals surface area contributed by atoms with Gasteiger partial charge in [-0.25, -0.2) is 4.79 Å². The summed E-state index contributed by atoms with van der Waals surface area (Å²) in [5.74, 6) is -5.97. The zero-order chi connectivity index (χ0) is 18.7. The smallest absolute Gasteiger partial charge is 0.364 e. The molecule has 0 aromatic rings. The molecular weight excluding hydrogens is 330 g/mol. The fraction of sp³-hybridized carbons (Fsp3) is 0.769. The Balaban J connectivity index is 3.01. The van der Waals surface area contributed by atoms with Crippen LogP contribution in [-0.4, -0.2) is 86.2 Å². The summed E-state index contributed by atoms with van der Waals surface area (Å²) in [5, 5.41) is 51.2. The topological polar surface area (TPSA) is 183 Å². The Bertz CT molecular complexity index is 497. The first-order valence-electron chi connectivity index (χ1n) is 7.06. The van der Waals surface area contributed by atoms with Crippen LogP contribution in [-0.2, 0) is 23.9 Å². The van der Waals surface area contributed by atoms with E-state index >= 15 is 0 Å². The Morgan fingerprint density at radius 2 is 1.92 bits per heavy atom. The highest BCUT2D eigenvalue weighted by atomic mass is 16.7. The van der Waals surface area contributed by atoms with Crippen molar-refractivity contribution in [2.45, 2.75) is 56.5 Å². The van der Waals surface area contributed by atoms with E-state index in [1.807, 2.05) is 0 Å². The molecule has 0 spiro atoms. The minimum Gasteiger partial charge on any atom is -0.477 e. The van der Waals surface area contributed by atoms with Crippen LogP contribution in [0.1, 0.15) is 20.3 Å². The molecule has 1 heterocycles. The first kappa shape index (κ1) is 20.3. The number of carboxylic acid groups (broad SMARTS) is 1. The van der Waals surface area contributed by atoms with Crippen LogP contribution in [0, 0.1) is 0 Å². The Hall–Kier alpha value is -1.79. The van der Waals surface area contributed by atoms with Crippen molar-refractivity contribution >= 4 is 17.8 Å². The maximum absolute atomic E-state index is 11.2. The van der Waals surface area contributed by atoms with Gasteiger partial charge in [0.1, 0.15) is 24.9 Å². The molecule has 0 bridgehead atoms. The van der Waals surface area contributed by atoms with Crippen LogP contribution < -0.4 is 5.32 Å². The molecule has 6 atom stereocenters. The Morgan fingerprint density at radius 1 is 1.33 bits per heavy atom. The van der Waals surface area contributed by atoms with Crippen LogP contribution in [0.3, 0.4) is 0 Å². The van der Waals surface area contributed by atoms with Gasteiger partial charge in [-0.3, -0.25) is 9.59 Å². The summed E-state index contributed by atoms with van der Waals surface area (Å²) in [6.45, 7) is 1.55. The van der Waals surface area contributed by atoms with E-state index in [9.17, 15) is 34.8 Å². The number of hydrogen-bond acceptors (Lipinski definition) is 9. The van der Waals surface area contributed by atoms with Crippen LogP contribution in [0.15, 0.2) is 0 Å². The fourth-order valence-electron chi connectivity index (χ4n) is 2.33. The number of amides is 1. The third-order valence-corrected chi connectivity index (χ3v) is 3.48. The maximum Gasteiger partial charge on any atom is 0.364 e. The van der Waals surface area contributed by atoms with E-state index in [-0.39, 0.29) is 0 Å². The van der Waals surface area contributed by atoms with Crippen LogP contribution in [0.2, 0.25) is 0 Å². The van der Waals surface area contributed by atoms with Gasteiger partial charge in [0.15, 0.2) is 0 Å². The summed E-state index contributed by atoms with van der Waals surface area (Å²) >= 11 is 0. The fourth-order valence-corrected chi connectivity index (χ4v) is 2.33. The summed E-state index contributed by atoms with van der Waals surface area (Å²) in [4.78, 5) is 33.1. The van der Waals surface area contributed by atoms with Gasteiger partial charge in [-0.1, -0.05) is 0 Å². The predicted molar refractivity (Wildman–Crippen MR) is 74.3 cm³/mol. The van der Waals surface area contributed by atoms with E-state index in [1.165, 1.54) is 0 Å². The van der Waals surface area contributed by atoms with E-state index in [0.717, 1.165) is 13.8 Å². The second-order valence-corrected chi connectivity index (χ2v) is 5.53. The third kappa shape index (κ3) is 4.85. The minimum atomic E-state index is -2.82. The van der Waals surface area contributed by atoms with Crippen LogP contribution in [0.5, 0.6) is 0 Å². The standard InChI is InChI=1S/C13H21NO10/c1-5(15)14-9-7(17)3-13(22,12(20)21)24-11(9)10(19)8(18)4-23-6(2)16/h7-11,17-19,22H,3-4H2,1-2H3,(H,14,15)(H,20,21)/t7-,8-,9-,10-,11-,13-/m1/s1. The molecular formula is C13H21NO10. The third-order valence-electron chi connectivity index (χ3n) is 3.48. The number of aliphatic carboxylic acids is 1. The largest absolute Gasteiger partial charge is 0.477 e. The number of nitrogens with one attached hydrogen (secondary N) is 1. The SMILES string of the molecule is CC(=O)N[C@H]1[C@H]([C@H](O)[C@H](O)COC(C)=O)O[C@@](O)(C(=O)O)C[C@H]1O. The average molecular weight is 351 g/mol. The summed E-state index contributed by atoms with van der Waals surface area (Å²) in [7, 11) is 0. The molecule has 1 saturated heterocycles. The number of aliphatic hydroxyl groups is 4. The quantitative estimate of drug-likeness (QED) is 0.265.